The lowest BCUT2D eigenvalue weighted by atomic mass is 10.00. The molecule has 1 saturated heterocycles. The van der Waals surface area contributed by atoms with Gasteiger partial charge in [-0.05, 0) is 6.07 Å². The van der Waals surface area contributed by atoms with Gasteiger partial charge in [0.1, 0.15) is 5.78 Å². The molecule has 1 aliphatic heterocycles. The number of rotatable bonds is 1. The Balaban J connectivity index is 2.02. The summed E-state index contributed by atoms with van der Waals surface area (Å²) >= 11 is 0. The van der Waals surface area contributed by atoms with Crippen LogP contribution in [-0.4, -0.2) is 17.4 Å². The summed E-state index contributed by atoms with van der Waals surface area (Å²) in [4.78, 5) is 14.6. The highest BCUT2D eigenvalue weighted by Gasteiger charge is 2.23. The smallest absolute Gasteiger partial charge is 0.138 e. The number of fused-ring (bicyclic) bond motifs is 1. The lowest BCUT2D eigenvalue weighted by molar-refractivity contribution is -0.128. The fourth-order valence-electron chi connectivity index (χ4n) is 2.24. The van der Waals surface area contributed by atoms with E-state index in [9.17, 15) is 4.79 Å². The molecule has 0 radical (unpaired) electrons. The molecule has 0 saturated carbocycles. The second-order valence-corrected chi connectivity index (χ2v) is 4.14. The highest BCUT2D eigenvalue weighted by Crippen LogP contribution is 2.31. The van der Waals surface area contributed by atoms with E-state index in [0.29, 0.717) is 25.2 Å². The number of aromatic nitrogens is 1. The number of hydrogen-bond acceptors (Lipinski definition) is 2. The first-order valence-corrected chi connectivity index (χ1v) is 5.54. The monoisotopic (exact) mass is 215 g/mol. The summed E-state index contributed by atoms with van der Waals surface area (Å²) in [6.45, 7) is 0.545. The third kappa shape index (κ3) is 1.53. The first kappa shape index (κ1) is 9.60. The lowest BCUT2D eigenvalue weighted by Crippen LogP contribution is -2.19. The van der Waals surface area contributed by atoms with Gasteiger partial charge in [-0.3, -0.25) is 4.79 Å². The van der Waals surface area contributed by atoms with Gasteiger partial charge < -0.3 is 9.72 Å². The molecule has 3 nitrogen and oxygen atoms in total. The molecule has 0 bridgehead atoms. The molecule has 1 aliphatic rings. The van der Waals surface area contributed by atoms with Gasteiger partial charge in [0.25, 0.3) is 0 Å². The minimum atomic E-state index is -0.0719. The summed E-state index contributed by atoms with van der Waals surface area (Å²) in [7, 11) is 0. The summed E-state index contributed by atoms with van der Waals surface area (Å²) in [5, 5.41) is 1.15. The molecule has 1 fully saturated rings. The Kier molecular flexibility index (Phi) is 2.26. The molecule has 0 spiro atoms. The van der Waals surface area contributed by atoms with Crippen LogP contribution in [0.25, 0.3) is 10.9 Å². The van der Waals surface area contributed by atoms with Gasteiger partial charge in [-0.2, -0.15) is 0 Å². The maximum atomic E-state index is 11.4. The predicted octanol–water partition coefficient (Wildman–Crippen LogP) is 2.59. The van der Waals surface area contributed by atoms with Crippen molar-refractivity contribution in [1.29, 1.82) is 0 Å². The van der Waals surface area contributed by atoms with Crippen LogP contribution in [0.1, 0.15) is 24.5 Å². The highest BCUT2D eigenvalue weighted by molar-refractivity contribution is 5.85. The number of H-pyrrole nitrogens is 1. The zero-order valence-corrected chi connectivity index (χ0v) is 8.90. The third-order valence-electron chi connectivity index (χ3n) is 3.08. The minimum absolute atomic E-state index is 0.0719. The largest absolute Gasteiger partial charge is 0.373 e. The second-order valence-electron chi connectivity index (χ2n) is 4.14. The van der Waals surface area contributed by atoms with Crippen molar-refractivity contribution in [2.75, 3.05) is 6.61 Å². The summed E-state index contributed by atoms with van der Waals surface area (Å²) in [5.74, 6) is 0.293. The van der Waals surface area contributed by atoms with E-state index in [1.165, 1.54) is 0 Å². The molecule has 1 N–H and O–H groups in total. The van der Waals surface area contributed by atoms with Crippen LogP contribution in [0.4, 0.5) is 0 Å². The average molecular weight is 215 g/mol. The van der Waals surface area contributed by atoms with E-state index in [-0.39, 0.29) is 6.10 Å². The first-order valence-electron chi connectivity index (χ1n) is 5.54. The van der Waals surface area contributed by atoms with Gasteiger partial charge in [-0.1, -0.05) is 18.2 Å². The van der Waals surface area contributed by atoms with Crippen LogP contribution in [0.15, 0.2) is 30.5 Å². The van der Waals surface area contributed by atoms with Crippen molar-refractivity contribution in [2.45, 2.75) is 18.9 Å². The summed E-state index contributed by atoms with van der Waals surface area (Å²) in [5.41, 5.74) is 2.20. The molecule has 1 atom stereocenters. The first-order chi connectivity index (χ1) is 7.84. The predicted molar refractivity (Wildman–Crippen MR) is 61.2 cm³/mol. The van der Waals surface area contributed by atoms with E-state index < -0.39 is 0 Å². The molecule has 3 heteroatoms. The molecule has 16 heavy (non-hydrogen) atoms. The second kappa shape index (κ2) is 3.76. The van der Waals surface area contributed by atoms with Gasteiger partial charge in [0, 0.05) is 35.5 Å². The Morgan fingerprint density at radius 1 is 1.31 bits per heavy atom. The third-order valence-corrected chi connectivity index (χ3v) is 3.08. The Morgan fingerprint density at radius 3 is 3.06 bits per heavy atom. The number of aromatic amines is 1. The van der Waals surface area contributed by atoms with E-state index >= 15 is 0 Å². The van der Waals surface area contributed by atoms with Crippen molar-refractivity contribution >= 4 is 16.7 Å². The minimum Gasteiger partial charge on any atom is -0.373 e. The number of ketones is 1. The van der Waals surface area contributed by atoms with Crippen LogP contribution < -0.4 is 0 Å². The van der Waals surface area contributed by atoms with Crippen molar-refractivity contribution in [3.63, 3.8) is 0 Å². The molecule has 82 valence electrons. The van der Waals surface area contributed by atoms with Crippen LogP contribution in [-0.2, 0) is 9.53 Å². The van der Waals surface area contributed by atoms with Crippen LogP contribution in [0.3, 0.4) is 0 Å². The number of Topliss-reactive ketones (excluding diaryl/α,β-unsaturated/α-hetero) is 1. The van der Waals surface area contributed by atoms with Gasteiger partial charge in [-0.25, -0.2) is 0 Å². The standard InChI is InChI=1S/C13H13NO2/c15-9-5-6-16-13(7-9)11-8-14-12-4-2-1-3-10(11)12/h1-4,8,13-14H,5-7H2. The van der Waals surface area contributed by atoms with E-state index in [1.807, 2.05) is 24.4 Å². The van der Waals surface area contributed by atoms with Gasteiger partial charge in [0.2, 0.25) is 0 Å². The van der Waals surface area contributed by atoms with Gasteiger partial charge >= 0.3 is 0 Å². The molecular weight excluding hydrogens is 202 g/mol. The fraction of sp³-hybridized carbons (Fsp3) is 0.308. The normalized spacial score (nSPS) is 21.5. The van der Waals surface area contributed by atoms with Crippen LogP contribution in [0.5, 0.6) is 0 Å². The molecule has 1 aromatic carbocycles. The van der Waals surface area contributed by atoms with E-state index in [4.69, 9.17) is 4.74 Å². The summed E-state index contributed by atoms with van der Waals surface area (Å²) in [6.07, 6.45) is 2.94. The van der Waals surface area contributed by atoms with Crippen LogP contribution >= 0.6 is 0 Å². The SMILES string of the molecule is O=C1CCOC(c2c[nH]c3ccccc23)C1. The maximum Gasteiger partial charge on any atom is 0.138 e. The lowest BCUT2D eigenvalue weighted by Gasteiger charge is -2.21. The summed E-state index contributed by atoms with van der Waals surface area (Å²) in [6, 6.07) is 8.09. The molecule has 2 aromatic rings. The Labute approximate surface area is 93.4 Å². The number of ether oxygens (including phenoxy) is 1. The molecule has 1 aromatic heterocycles. The van der Waals surface area contributed by atoms with Crippen molar-refractivity contribution in [3.05, 3.63) is 36.0 Å². The molecular formula is C13H13NO2. The average Bonchev–Trinajstić information content (AvgIpc) is 2.72. The topological polar surface area (TPSA) is 42.1 Å². The van der Waals surface area contributed by atoms with Crippen molar-refractivity contribution in [1.82, 2.24) is 4.98 Å². The number of hydrogen-bond donors (Lipinski definition) is 1. The fourth-order valence-corrected chi connectivity index (χ4v) is 2.24. The molecule has 0 aliphatic carbocycles. The van der Waals surface area contributed by atoms with E-state index in [1.54, 1.807) is 0 Å². The molecule has 2 heterocycles. The van der Waals surface area contributed by atoms with Gasteiger partial charge in [-0.15, -0.1) is 0 Å². The Bertz CT molecular complexity index is 529. The number of carbonyl (C=O) groups excluding carboxylic acids is 1. The summed E-state index contributed by atoms with van der Waals surface area (Å²) < 4.78 is 5.66. The Hall–Kier alpha value is -1.61. The highest BCUT2D eigenvalue weighted by atomic mass is 16.5. The zero-order chi connectivity index (χ0) is 11.0. The number of benzene rings is 1. The number of carbonyl (C=O) groups is 1. The zero-order valence-electron chi connectivity index (χ0n) is 8.90. The van der Waals surface area contributed by atoms with E-state index in [2.05, 4.69) is 11.1 Å². The van der Waals surface area contributed by atoms with Crippen LogP contribution in [0, 0.1) is 0 Å². The van der Waals surface area contributed by atoms with Gasteiger partial charge in [0.05, 0.1) is 12.7 Å². The molecule has 3 rings (SSSR count). The number of para-hydroxylation sites is 1. The molecule has 0 amide bonds. The van der Waals surface area contributed by atoms with Crippen molar-refractivity contribution in [3.8, 4) is 0 Å². The Morgan fingerprint density at radius 2 is 2.19 bits per heavy atom. The molecule has 1 unspecified atom stereocenters. The quantitative estimate of drug-likeness (QED) is 0.794. The van der Waals surface area contributed by atoms with Crippen molar-refractivity contribution in [2.24, 2.45) is 0 Å². The van der Waals surface area contributed by atoms with Crippen LogP contribution in [0.2, 0.25) is 0 Å². The van der Waals surface area contributed by atoms with E-state index in [0.717, 1.165) is 16.5 Å². The maximum absolute atomic E-state index is 11.4. The van der Waals surface area contributed by atoms with Gasteiger partial charge in [0.15, 0.2) is 0 Å². The number of nitrogens with one attached hydrogen (secondary N) is 1. The van der Waals surface area contributed by atoms with Crippen molar-refractivity contribution < 1.29 is 9.53 Å².